The summed E-state index contributed by atoms with van der Waals surface area (Å²) in [6.07, 6.45) is 4.59. The van der Waals surface area contributed by atoms with Crippen molar-refractivity contribution in [1.82, 2.24) is 0 Å². The van der Waals surface area contributed by atoms with Crippen LogP contribution in [0.4, 0.5) is 10.1 Å². The fraction of sp³-hybridized carbons (Fsp3) is 0.611. The number of carboxylic acids is 1. The summed E-state index contributed by atoms with van der Waals surface area (Å²) in [6.45, 7) is 1.34. The van der Waals surface area contributed by atoms with Gasteiger partial charge in [0.1, 0.15) is 17.7 Å². The molecule has 1 aliphatic carbocycles. The number of hydrogen-bond donors (Lipinski definition) is 2. The Morgan fingerprint density at radius 3 is 2.54 bits per heavy atom. The minimum absolute atomic E-state index is 0.0452. The molecule has 0 unspecified atom stereocenters. The van der Waals surface area contributed by atoms with Crippen molar-refractivity contribution in [2.24, 2.45) is 5.92 Å². The van der Waals surface area contributed by atoms with E-state index in [0.29, 0.717) is 31.8 Å². The second-order valence-electron chi connectivity index (χ2n) is 6.60. The molecule has 6 heteroatoms. The van der Waals surface area contributed by atoms with Gasteiger partial charge in [0.05, 0.1) is 24.8 Å². The number of carbonyl (C=O) groups is 1. The van der Waals surface area contributed by atoms with Gasteiger partial charge in [0.15, 0.2) is 0 Å². The molecule has 2 aliphatic rings. The highest BCUT2D eigenvalue weighted by molar-refractivity contribution is 5.70. The van der Waals surface area contributed by atoms with Crippen molar-refractivity contribution >= 4 is 11.7 Å². The van der Waals surface area contributed by atoms with E-state index >= 15 is 0 Å². The number of carboxylic acid groups (broad SMARTS) is 1. The number of ether oxygens (including phenoxy) is 2. The van der Waals surface area contributed by atoms with Crippen molar-refractivity contribution in [2.75, 3.05) is 18.5 Å². The van der Waals surface area contributed by atoms with Crippen LogP contribution in [0, 0.1) is 11.7 Å². The molecule has 2 fully saturated rings. The molecule has 3 rings (SSSR count). The van der Waals surface area contributed by atoms with Gasteiger partial charge in [-0.25, -0.2) is 4.39 Å². The summed E-state index contributed by atoms with van der Waals surface area (Å²) in [5, 5.41) is 12.5. The van der Waals surface area contributed by atoms with Crippen LogP contribution in [-0.2, 0) is 9.53 Å². The molecule has 1 aromatic rings. The Bertz CT molecular complexity index is 566. The zero-order chi connectivity index (χ0) is 16.9. The largest absolute Gasteiger partial charge is 0.488 e. The highest BCUT2D eigenvalue weighted by Gasteiger charge is 2.26. The lowest BCUT2D eigenvalue weighted by atomic mass is 9.86. The van der Waals surface area contributed by atoms with E-state index in [0.717, 1.165) is 31.4 Å². The van der Waals surface area contributed by atoms with Crippen LogP contribution >= 0.6 is 0 Å². The zero-order valence-electron chi connectivity index (χ0n) is 13.7. The number of halogens is 1. The molecular weight excluding hydrogens is 313 g/mol. The third-order valence-electron chi connectivity index (χ3n) is 4.84. The first-order valence-electron chi connectivity index (χ1n) is 8.65. The molecule has 1 aromatic carbocycles. The molecule has 0 atom stereocenters. The van der Waals surface area contributed by atoms with Crippen LogP contribution in [0.15, 0.2) is 18.2 Å². The van der Waals surface area contributed by atoms with Gasteiger partial charge in [0.2, 0.25) is 0 Å². The molecule has 1 saturated carbocycles. The van der Waals surface area contributed by atoms with Crippen molar-refractivity contribution in [3.8, 4) is 5.75 Å². The van der Waals surface area contributed by atoms with Crippen LogP contribution in [-0.4, -0.2) is 36.4 Å². The fourth-order valence-corrected chi connectivity index (χ4v) is 3.39. The Morgan fingerprint density at radius 1 is 1.17 bits per heavy atom. The van der Waals surface area contributed by atoms with E-state index in [4.69, 9.17) is 14.6 Å². The monoisotopic (exact) mass is 337 g/mol. The lowest BCUT2D eigenvalue weighted by Gasteiger charge is -2.29. The molecule has 1 heterocycles. The molecule has 2 N–H and O–H groups in total. The number of aliphatic carboxylic acids is 1. The van der Waals surface area contributed by atoms with Crippen LogP contribution in [0.2, 0.25) is 0 Å². The van der Waals surface area contributed by atoms with Crippen molar-refractivity contribution in [3.05, 3.63) is 24.0 Å². The predicted molar refractivity (Wildman–Crippen MR) is 87.9 cm³/mol. The van der Waals surface area contributed by atoms with E-state index in [1.807, 2.05) is 0 Å². The minimum Gasteiger partial charge on any atom is -0.488 e. The molecular formula is C18H24FNO4. The normalized spacial score (nSPS) is 25.2. The highest BCUT2D eigenvalue weighted by atomic mass is 19.1. The molecule has 1 aliphatic heterocycles. The molecule has 5 nitrogen and oxygen atoms in total. The number of benzene rings is 1. The summed E-state index contributed by atoms with van der Waals surface area (Å²) < 4.78 is 24.9. The van der Waals surface area contributed by atoms with Crippen LogP contribution in [0.25, 0.3) is 0 Å². The summed E-state index contributed by atoms with van der Waals surface area (Å²) in [4.78, 5) is 11.0. The first-order valence-corrected chi connectivity index (χ1v) is 8.65. The molecule has 0 bridgehead atoms. The second-order valence-corrected chi connectivity index (χ2v) is 6.60. The summed E-state index contributed by atoms with van der Waals surface area (Å²) in [6, 6.07) is 4.74. The molecule has 0 radical (unpaired) electrons. The lowest BCUT2D eigenvalue weighted by molar-refractivity contribution is -0.142. The quantitative estimate of drug-likeness (QED) is 0.861. The van der Waals surface area contributed by atoms with Gasteiger partial charge in [-0.05, 0) is 37.8 Å². The van der Waals surface area contributed by atoms with Gasteiger partial charge in [0, 0.05) is 24.9 Å². The van der Waals surface area contributed by atoms with Gasteiger partial charge < -0.3 is 19.9 Å². The van der Waals surface area contributed by atoms with E-state index in [1.165, 1.54) is 12.1 Å². The molecule has 0 aromatic heterocycles. The predicted octanol–water partition coefficient (Wildman–Crippen LogP) is 3.44. The lowest BCUT2D eigenvalue weighted by Crippen LogP contribution is -2.30. The van der Waals surface area contributed by atoms with Crippen LogP contribution < -0.4 is 10.1 Å². The van der Waals surface area contributed by atoms with E-state index in [2.05, 4.69) is 5.32 Å². The van der Waals surface area contributed by atoms with Crippen molar-refractivity contribution in [1.29, 1.82) is 0 Å². The van der Waals surface area contributed by atoms with Crippen LogP contribution in [0.3, 0.4) is 0 Å². The molecule has 24 heavy (non-hydrogen) atoms. The maximum Gasteiger partial charge on any atom is 0.306 e. The van der Waals surface area contributed by atoms with E-state index in [1.54, 1.807) is 6.07 Å². The highest BCUT2D eigenvalue weighted by Crippen LogP contribution is 2.32. The zero-order valence-corrected chi connectivity index (χ0v) is 13.7. The topological polar surface area (TPSA) is 67.8 Å². The number of anilines is 1. The average Bonchev–Trinajstić information content (AvgIpc) is 2.59. The van der Waals surface area contributed by atoms with Crippen LogP contribution in [0.5, 0.6) is 5.75 Å². The Balaban J connectivity index is 1.63. The average molecular weight is 337 g/mol. The summed E-state index contributed by atoms with van der Waals surface area (Å²) >= 11 is 0. The maximum atomic E-state index is 13.6. The Kier molecular flexibility index (Phi) is 5.56. The van der Waals surface area contributed by atoms with Gasteiger partial charge in [-0.15, -0.1) is 0 Å². The van der Waals surface area contributed by atoms with Gasteiger partial charge in [-0.1, -0.05) is 0 Å². The Labute approximate surface area is 141 Å². The first kappa shape index (κ1) is 17.0. The van der Waals surface area contributed by atoms with Crippen molar-refractivity contribution in [2.45, 2.75) is 50.7 Å². The minimum atomic E-state index is -0.709. The van der Waals surface area contributed by atoms with Gasteiger partial charge in [0.25, 0.3) is 0 Å². The van der Waals surface area contributed by atoms with Crippen molar-refractivity contribution in [3.63, 3.8) is 0 Å². The number of rotatable bonds is 5. The summed E-state index contributed by atoms with van der Waals surface area (Å²) in [5.41, 5.74) is 0.779. The van der Waals surface area contributed by atoms with E-state index in [-0.39, 0.29) is 23.9 Å². The van der Waals surface area contributed by atoms with Gasteiger partial charge >= 0.3 is 5.97 Å². The van der Waals surface area contributed by atoms with Crippen LogP contribution in [0.1, 0.15) is 38.5 Å². The van der Waals surface area contributed by atoms with E-state index in [9.17, 15) is 9.18 Å². The van der Waals surface area contributed by atoms with Gasteiger partial charge in [-0.2, -0.15) is 0 Å². The fourth-order valence-electron chi connectivity index (χ4n) is 3.39. The van der Waals surface area contributed by atoms with Crippen molar-refractivity contribution < 1.29 is 23.8 Å². The molecule has 1 saturated heterocycles. The summed E-state index contributed by atoms with van der Waals surface area (Å²) in [7, 11) is 0. The first-order chi connectivity index (χ1) is 11.6. The third kappa shape index (κ3) is 4.38. The smallest absolute Gasteiger partial charge is 0.306 e. The van der Waals surface area contributed by atoms with E-state index < -0.39 is 5.97 Å². The Morgan fingerprint density at radius 2 is 1.88 bits per heavy atom. The SMILES string of the molecule is O=C(O)C1CCC(Nc2ccc(F)cc2OC2CCOCC2)CC1. The molecule has 132 valence electrons. The number of nitrogens with one attached hydrogen (secondary N) is 1. The van der Waals surface area contributed by atoms with Gasteiger partial charge in [-0.3, -0.25) is 4.79 Å². The second kappa shape index (κ2) is 7.83. The molecule has 0 amide bonds. The summed E-state index contributed by atoms with van der Waals surface area (Å²) in [5.74, 6) is -0.743. The standard InChI is InChI=1S/C18H24FNO4/c19-13-3-6-16(17(11-13)24-15-7-9-23-10-8-15)20-14-4-1-12(2-5-14)18(21)22/h3,6,11-12,14-15,20H,1-2,4-5,7-10H2,(H,21,22). The Hall–Kier alpha value is -1.82. The third-order valence-corrected chi connectivity index (χ3v) is 4.84. The maximum absolute atomic E-state index is 13.6. The molecule has 0 spiro atoms. The number of hydrogen-bond acceptors (Lipinski definition) is 4.